The number of nitrogens with two attached hydrogens (primary N) is 1. The summed E-state index contributed by atoms with van der Waals surface area (Å²) in [7, 11) is 2.12. The van der Waals surface area contributed by atoms with Crippen molar-refractivity contribution in [2.45, 2.75) is 46.1 Å². The lowest BCUT2D eigenvalue weighted by atomic mass is 9.95. The van der Waals surface area contributed by atoms with Crippen molar-refractivity contribution < 1.29 is 0 Å². The fraction of sp³-hybridized carbons (Fsp3) is 0.917. The molecule has 0 radical (unpaired) electrons. The molecule has 0 bridgehead atoms. The van der Waals surface area contributed by atoms with Gasteiger partial charge in [-0.15, -0.1) is 0 Å². The molecule has 0 aliphatic heterocycles. The lowest BCUT2D eigenvalue weighted by Gasteiger charge is -2.27. The van der Waals surface area contributed by atoms with Crippen LogP contribution in [-0.2, 0) is 0 Å². The predicted molar refractivity (Wildman–Crippen MR) is 64.4 cm³/mol. The first-order chi connectivity index (χ1) is 6.66. The van der Waals surface area contributed by atoms with Crippen LogP contribution in [0.15, 0.2) is 0 Å². The van der Waals surface area contributed by atoms with Gasteiger partial charge in [0.25, 0.3) is 0 Å². The van der Waals surface area contributed by atoms with Gasteiger partial charge < -0.3 is 10.6 Å². The second kappa shape index (κ2) is 5.48. The minimum absolute atomic E-state index is 0.329. The number of nitrogens with zero attached hydrogens (tertiary/aromatic N) is 2. The standard InChI is InChI=1S/C12H25N3/c1-11(2,3)10-15(5)8-6-7-12(4,14)9-13/h6-8,10,14H2,1-5H3. The van der Waals surface area contributed by atoms with Gasteiger partial charge in [0.05, 0.1) is 6.07 Å². The third kappa shape index (κ3) is 8.41. The van der Waals surface area contributed by atoms with E-state index in [9.17, 15) is 0 Å². The summed E-state index contributed by atoms with van der Waals surface area (Å²) < 4.78 is 0. The highest BCUT2D eigenvalue weighted by molar-refractivity contribution is 5.00. The van der Waals surface area contributed by atoms with Gasteiger partial charge in [0.2, 0.25) is 0 Å². The first-order valence-electron chi connectivity index (χ1n) is 5.55. The second-order valence-electron chi connectivity index (χ2n) is 5.93. The van der Waals surface area contributed by atoms with E-state index in [-0.39, 0.29) is 0 Å². The minimum atomic E-state index is -0.664. The van der Waals surface area contributed by atoms with E-state index in [1.54, 1.807) is 6.92 Å². The van der Waals surface area contributed by atoms with Crippen molar-refractivity contribution in [2.75, 3.05) is 20.1 Å². The van der Waals surface area contributed by atoms with Crippen molar-refractivity contribution in [3.8, 4) is 6.07 Å². The van der Waals surface area contributed by atoms with E-state index in [4.69, 9.17) is 11.0 Å². The van der Waals surface area contributed by atoms with E-state index in [1.165, 1.54) is 0 Å². The van der Waals surface area contributed by atoms with E-state index in [0.717, 1.165) is 25.9 Å². The molecule has 0 heterocycles. The molecule has 0 spiro atoms. The Morgan fingerprint density at radius 2 is 1.80 bits per heavy atom. The maximum absolute atomic E-state index is 8.76. The Bertz CT molecular complexity index is 220. The summed E-state index contributed by atoms with van der Waals surface area (Å²) in [6.45, 7) is 10.5. The zero-order valence-electron chi connectivity index (χ0n) is 10.8. The number of hydrogen-bond donors (Lipinski definition) is 1. The molecule has 0 aliphatic carbocycles. The molecule has 0 fully saturated rings. The predicted octanol–water partition coefficient (Wildman–Crippen LogP) is 1.99. The molecule has 0 aliphatic rings. The molecule has 0 aromatic rings. The Morgan fingerprint density at radius 1 is 1.27 bits per heavy atom. The normalized spacial score (nSPS) is 16.1. The highest BCUT2D eigenvalue weighted by Crippen LogP contribution is 2.15. The molecule has 0 aromatic carbocycles. The summed E-state index contributed by atoms with van der Waals surface area (Å²) in [4.78, 5) is 2.30. The van der Waals surface area contributed by atoms with Crippen LogP contribution in [0, 0.1) is 16.7 Å². The molecule has 3 nitrogen and oxygen atoms in total. The molecular formula is C12H25N3. The lowest BCUT2D eigenvalue weighted by Crippen LogP contribution is -2.36. The van der Waals surface area contributed by atoms with Gasteiger partial charge in [-0.05, 0) is 38.8 Å². The van der Waals surface area contributed by atoms with Crippen LogP contribution < -0.4 is 5.73 Å². The number of nitriles is 1. The van der Waals surface area contributed by atoms with Gasteiger partial charge in [-0.25, -0.2) is 0 Å². The highest BCUT2D eigenvalue weighted by atomic mass is 15.1. The van der Waals surface area contributed by atoms with E-state index < -0.39 is 5.54 Å². The summed E-state index contributed by atoms with van der Waals surface area (Å²) in [6.07, 6.45) is 1.74. The topological polar surface area (TPSA) is 53.0 Å². The van der Waals surface area contributed by atoms with Crippen LogP contribution in [0.3, 0.4) is 0 Å². The van der Waals surface area contributed by atoms with Gasteiger partial charge >= 0.3 is 0 Å². The van der Waals surface area contributed by atoms with Crippen molar-refractivity contribution in [2.24, 2.45) is 11.1 Å². The Balaban J connectivity index is 3.75. The van der Waals surface area contributed by atoms with Crippen LogP contribution in [0.2, 0.25) is 0 Å². The van der Waals surface area contributed by atoms with Crippen LogP contribution in [0.4, 0.5) is 0 Å². The zero-order chi connectivity index (χ0) is 12.1. The maximum atomic E-state index is 8.76. The van der Waals surface area contributed by atoms with Crippen LogP contribution in [0.5, 0.6) is 0 Å². The summed E-state index contributed by atoms with van der Waals surface area (Å²) in [5.41, 5.74) is 5.42. The SMILES string of the molecule is CN(CCCC(C)(N)C#N)CC(C)(C)C. The molecule has 1 atom stereocenters. The fourth-order valence-electron chi connectivity index (χ4n) is 1.66. The monoisotopic (exact) mass is 211 g/mol. The van der Waals surface area contributed by atoms with Gasteiger partial charge in [0, 0.05) is 6.54 Å². The lowest BCUT2D eigenvalue weighted by molar-refractivity contribution is 0.221. The Labute approximate surface area is 94.2 Å². The third-order valence-electron chi connectivity index (χ3n) is 2.24. The van der Waals surface area contributed by atoms with Gasteiger partial charge in [-0.3, -0.25) is 0 Å². The van der Waals surface area contributed by atoms with Crippen molar-refractivity contribution in [3.63, 3.8) is 0 Å². The zero-order valence-corrected chi connectivity index (χ0v) is 10.8. The van der Waals surface area contributed by atoms with Crippen molar-refractivity contribution in [3.05, 3.63) is 0 Å². The fourth-order valence-corrected chi connectivity index (χ4v) is 1.66. The van der Waals surface area contributed by atoms with Crippen LogP contribution in [0.25, 0.3) is 0 Å². The summed E-state index contributed by atoms with van der Waals surface area (Å²) >= 11 is 0. The Hall–Kier alpha value is -0.590. The van der Waals surface area contributed by atoms with Crippen LogP contribution >= 0.6 is 0 Å². The summed E-state index contributed by atoms with van der Waals surface area (Å²) in [6, 6.07) is 2.12. The van der Waals surface area contributed by atoms with E-state index in [0.29, 0.717) is 5.41 Å². The molecule has 2 N–H and O–H groups in total. The molecule has 0 amide bonds. The second-order valence-corrected chi connectivity index (χ2v) is 5.93. The van der Waals surface area contributed by atoms with Gasteiger partial charge in [0.1, 0.15) is 5.54 Å². The number of rotatable bonds is 5. The van der Waals surface area contributed by atoms with Gasteiger partial charge in [-0.2, -0.15) is 5.26 Å². The quantitative estimate of drug-likeness (QED) is 0.756. The molecule has 0 rings (SSSR count). The first kappa shape index (κ1) is 14.4. The van der Waals surface area contributed by atoms with Crippen LogP contribution in [-0.4, -0.2) is 30.6 Å². The summed E-state index contributed by atoms with van der Waals surface area (Å²) in [5.74, 6) is 0. The molecule has 0 aromatic heterocycles. The van der Waals surface area contributed by atoms with Crippen molar-refractivity contribution >= 4 is 0 Å². The third-order valence-corrected chi connectivity index (χ3v) is 2.24. The summed E-state index contributed by atoms with van der Waals surface area (Å²) in [5, 5.41) is 8.76. The maximum Gasteiger partial charge on any atom is 0.101 e. The Morgan fingerprint density at radius 3 is 2.20 bits per heavy atom. The number of hydrogen-bond acceptors (Lipinski definition) is 3. The smallest absolute Gasteiger partial charge is 0.101 e. The van der Waals surface area contributed by atoms with Gasteiger partial charge in [0.15, 0.2) is 0 Å². The first-order valence-corrected chi connectivity index (χ1v) is 5.55. The minimum Gasteiger partial charge on any atom is -0.314 e. The average molecular weight is 211 g/mol. The highest BCUT2D eigenvalue weighted by Gasteiger charge is 2.18. The van der Waals surface area contributed by atoms with Crippen molar-refractivity contribution in [1.82, 2.24) is 4.90 Å². The van der Waals surface area contributed by atoms with Crippen LogP contribution in [0.1, 0.15) is 40.5 Å². The Kier molecular flexibility index (Phi) is 5.27. The molecule has 88 valence electrons. The molecular weight excluding hydrogens is 186 g/mol. The van der Waals surface area contributed by atoms with E-state index in [2.05, 4.69) is 38.8 Å². The average Bonchev–Trinajstić information content (AvgIpc) is 2.00. The van der Waals surface area contributed by atoms with Gasteiger partial charge in [-0.1, -0.05) is 20.8 Å². The molecule has 0 saturated carbocycles. The molecule has 0 saturated heterocycles. The van der Waals surface area contributed by atoms with E-state index >= 15 is 0 Å². The largest absolute Gasteiger partial charge is 0.314 e. The molecule has 1 unspecified atom stereocenters. The van der Waals surface area contributed by atoms with Crippen molar-refractivity contribution in [1.29, 1.82) is 5.26 Å². The molecule has 15 heavy (non-hydrogen) atoms. The molecule has 3 heteroatoms. The van der Waals surface area contributed by atoms with E-state index in [1.807, 2.05) is 0 Å².